The minimum Gasteiger partial charge on any atom is -0.373 e. The van der Waals surface area contributed by atoms with Crippen LogP contribution in [0.3, 0.4) is 0 Å². The lowest BCUT2D eigenvalue weighted by atomic mass is 10.1. The van der Waals surface area contributed by atoms with Gasteiger partial charge in [-0.2, -0.15) is 4.98 Å². The zero-order valence-corrected chi connectivity index (χ0v) is 11.8. The lowest BCUT2D eigenvalue weighted by Crippen LogP contribution is -2.43. The molecule has 3 heterocycles. The van der Waals surface area contributed by atoms with Gasteiger partial charge in [0.05, 0.1) is 12.2 Å². The molecule has 108 valence electrons. The molecule has 8 heteroatoms. The van der Waals surface area contributed by atoms with Crippen molar-refractivity contribution in [3.8, 4) is 11.6 Å². The summed E-state index contributed by atoms with van der Waals surface area (Å²) in [6.07, 6.45) is 1.65. The first-order valence-electron chi connectivity index (χ1n) is 6.68. The maximum Gasteiger partial charge on any atom is 0.280 e. The van der Waals surface area contributed by atoms with E-state index in [1.165, 1.54) is 0 Å². The fraction of sp³-hybridized carbons (Fsp3) is 0.667. The highest BCUT2D eigenvalue weighted by Crippen LogP contribution is 2.25. The van der Waals surface area contributed by atoms with Crippen molar-refractivity contribution in [3.05, 3.63) is 12.0 Å². The summed E-state index contributed by atoms with van der Waals surface area (Å²) in [5.74, 6) is 1.18. The summed E-state index contributed by atoms with van der Waals surface area (Å²) in [6, 6.07) is 0.362. The van der Waals surface area contributed by atoms with Crippen LogP contribution in [0.5, 0.6) is 0 Å². The second kappa shape index (κ2) is 5.29. The van der Waals surface area contributed by atoms with E-state index in [-0.39, 0.29) is 12.0 Å². The molecule has 1 unspecified atom stereocenters. The molecule has 1 aliphatic heterocycles. The Hall–Kier alpha value is -1.80. The molecule has 0 spiro atoms. The van der Waals surface area contributed by atoms with Gasteiger partial charge in [-0.05, 0) is 5.92 Å². The first kappa shape index (κ1) is 13.2. The molecule has 1 fully saturated rings. The molecule has 3 rings (SSSR count). The van der Waals surface area contributed by atoms with Crippen LogP contribution in [0.1, 0.15) is 31.8 Å². The van der Waals surface area contributed by atoms with E-state index in [9.17, 15) is 0 Å². The molecule has 2 aromatic rings. The maximum atomic E-state index is 5.38. The third-order valence-electron chi connectivity index (χ3n) is 3.42. The summed E-state index contributed by atoms with van der Waals surface area (Å²) in [5.41, 5.74) is 0.592. The van der Waals surface area contributed by atoms with Crippen molar-refractivity contribution in [2.75, 3.05) is 20.2 Å². The number of methoxy groups -OCH3 is 1. The molecule has 0 aliphatic carbocycles. The smallest absolute Gasteiger partial charge is 0.280 e. The molecule has 2 aromatic heterocycles. The van der Waals surface area contributed by atoms with Gasteiger partial charge in [0.15, 0.2) is 5.69 Å². The molecule has 8 nitrogen and oxygen atoms in total. The quantitative estimate of drug-likeness (QED) is 0.865. The SMILES string of the molecule is COC(c1noc(-c2cn(C3CNC3)nn2)n1)C(C)C. The van der Waals surface area contributed by atoms with Gasteiger partial charge in [-0.3, -0.25) is 0 Å². The van der Waals surface area contributed by atoms with Gasteiger partial charge in [-0.25, -0.2) is 4.68 Å². The maximum absolute atomic E-state index is 5.38. The predicted molar refractivity (Wildman–Crippen MR) is 69.8 cm³/mol. The largest absolute Gasteiger partial charge is 0.373 e. The van der Waals surface area contributed by atoms with Crippen molar-refractivity contribution in [2.45, 2.75) is 26.0 Å². The molecule has 20 heavy (non-hydrogen) atoms. The molecule has 1 N–H and O–H groups in total. The normalized spacial score (nSPS) is 17.4. The van der Waals surface area contributed by atoms with E-state index < -0.39 is 0 Å². The molecule has 0 aromatic carbocycles. The average molecular weight is 278 g/mol. The van der Waals surface area contributed by atoms with Gasteiger partial charge in [0, 0.05) is 20.2 Å². The number of nitrogens with zero attached hydrogens (tertiary/aromatic N) is 5. The van der Waals surface area contributed by atoms with Crippen LogP contribution in [0.2, 0.25) is 0 Å². The van der Waals surface area contributed by atoms with Crippen LogP contribution in [0.15, 0.2) is 10.7 Å². The average Bonchev–Trinajstić information content (AvgIpc) is 2.96. The Bertz CT molecular complexity index is 574. The zero-order chi connectivity index (χ0) is 14.1. The van der Waals surface area contributed by atoms with Crippen LogP contribution < -0.4 is 5.32 Å². The second-order valence-corrected chi connectivity index (χ2v) is 5.25. The number of ether oxygens (including phenoxy) is 1. The van der Waals surface area contributed by atoms with Crippen molar-refractivity contribution in [1.82, 2.24) is 30.5 Å². The van der Waals surface area contributed by atoms with E-state index in [4.69, 9.17) is 9.26 Å². The van der Waals surface area contributed by atoms with Crippen LogP contribution in [0, 0.1) is 5.92 Å². The highest BCUT2D eigenvalue weighted by molar-refractivity contribution is 5.43. The molecular weight excluding hydrogens is 260 g/mol. The molecule has 1 aliphatic rings. The van der Waals surface area contributed by atoms with Gasteiger partial charge in [0.1, 0.15) is 6.10 Å². The Morgan fingerprint density at radius 2 is 2.25 bits per heavy atom. The Balaban J connectivity index is 1.80. The van der Waals surface area contributed by atoms with E-state index in [1.807, 2.05) is 24.7 Å². The number of nitrogens with one attached hydrogen (secondary N) is 1. The minimum absolute atomic E-state index is 0.182. The van der Waals surface area contributed by atoms with E-state index >= 15 is 0 Å². The number of hydrogen-bond donors (Lipinski definition) is 1. The predicted octanol–water partition coefficient (Wildman–Crippen LogP) is 0.816. The summed E-state index contributed by atoms with van der Waals surface area (Å²) < 4.78 is 12.5. The van der Waals surface area contributed by atoms with Crippen LogP contribution in [-0.2, 0) is 4.74 Å². The monoisotopic (exact) mass is 278 g/mol. The first-order valence-corrected chi connectivity index (χ1v) is 6.68. The lowest BCUT2D eigenvalue weighted by Gasteiger charge is -2.26. The summed E-state index contributed by atoms with van der Waals surface area (Å²) in [4.78, 5) is 4.36. The van der Waals surface area contributed by atoms with Gasteiger partial charge in [-0.1, -0.05) is 24.2 Å². The lowest BCUT2D eigenvalue weighted by molar-refractivity contribution is 0.0556. The van der Waals surface area contributed by atoms with Gasteiger partial charge in [-0.15, -0.1) is 5.10 Å². The van der Waals surface area contributed by atoms with Gasteiger partial charge >= 0.3 is 0 Å². The Labute approximate surface area is 116 Å². The van der Waals surface area contributed by atoms with E-state index in [0.29, 0.717) is 23.5 Å². The molecule has 1 atom stereocenters. The molecule has 0 amide bonds. The second-order valence-electron chi connectivity index (χ2n) is 5.25. The van der Waals surface area contributed by atoms with E-state index in [2.05, 4.69) is 25.8 Å². The van der Waals surface area contributed by atoms with E-state index in [0.717, 1.165) is 13.1 Å². The van der Waals surface area contributed by atoms with Crippen molar-refractivity contribution in [3.63, 3.8) is 0 Å². The van der Waals surface area contributed by atoms with Crippen molar-refractivity contribution in [2.24, 2.45) is 5.92 Å². The topological polar surface area (TPSA) is 90.9 Å². The summed E-state index contributed by atoms with van der Waals surface area (Å²) in [5, 5.41) is 15.3. The molecule has 1 saturated heterocycles. The molecule has 0 radical (unpaired) electrons. The van der Waals surface area contributed by atoms with Gasteiger partial charge in [0.2, 0.25) is 5.82 Å². The van der Waals surface area contributed by atoms with Gasteiger partial charge < -0.3 is 14.6 Å². The van der Waals surface area contributed by atoms with E-state index in [1.54, 1.807) is 7.11 Å². The molecule has 0 bridgehead atoms. The number of rotatable bonds is 5. The third-order valence-corrected chi connectivity index (χ3v) is 3.42. The molecule has 0 saturated carbocycles. The van der Waals surface area contributed by atoms with Gasteiger partial charge in [0.25, 0.3) is 5.89 Å². The Morgan fingerprint density at radius 1 is 1.45 bits per heavy atom. The fourth-order valence-electron chi connectivity index (χ4n) is 2.14. The first-order chi connectivity index (χ1) is 9.69. The van der Waals surface area contributed by atoms with Crippen molar-refractivity contribution in [1.29, 1.82) is 0 Å². The third kappa shape index (κ3) is 2.32. The molecular formula is C12H18N6O2. The summed E-state index contributed by atoms with van der Waals surface area (Å²) >= 11 is 0. The Kier molecular flexibility index (Phi) is 3.49. The van der Waals surface area contributed by atoms with Crippen LogP contribution in [0.4, 0.5) is 0 Å². The summed E-state index contributed by atoms with van der Waals surface area (Å²) in [6.45, 7) is 5.92. The fourth-order valence-corrected chi connectivity index (χ4v) is 2.14. The Morgan fingerprint density at radius 3 is 2.85 bits per heavy atom. The minimum atomic E-state index is -0.182. The highest BCUT2D eigenvalue weighted by Gasteiger charge is 2.24. The van der Waals surface area contributed by atoms with Crippen LogP contribution in [-0.4, -0.2) is 45.3 Å². The number of aromatic nitrogens is 5. The van der Waals surface area contributed by atoms with Crippen LogP contribution >= 0.6 is 0 Å². The van der Waals surface area contributed by atoms with Crippen molar-refractivity contribution >= 4 is 0 Å². The number of hydrogen-bond acceptors (Lipinski definition) is 7. The summed E-state index contributed by atoms with van der Waals surface area (Å²) in [7, 11) is 1.64. The van der Waals surface area contributed by atoms with Crippen LogP contribution in [0.25, 0.3) is 11.6 Å². The van der Waals surface area contributed by atoms with Crippen molar-refractivity contribution < 1.29 is 9.26 Å². The zero-order valence-electron chi connectivity index (χ0n) is 11.8. The standard InChI is InChI=1S/C12H18N6O2/c1-7(2)10(19-3)11-14-12(20-16-11)9-6-18(17-15-9)8-4-13-5-8/h6-8,10,13H,4-5H2,1-3H3. The highest BCUT2D eigenvalue weighted by atomic mass is 16.5.